The molecule has 1 fully saturated rings. The Morgan fingerprint density at radius 1 is 1.33 bits per heavy atom. The van der Waals surface area contributed by atoms with Gasteiger partial charge < -0.3 is 10.6 Å². The van der Waals surface area contributed by atoms with Crippen LogP contribution in [0, 0.1) is 0 Å². The summed E-state index contributed by atoms with van der Waals surface area (Å²) in [7, 11) is 0. The van der Waals surface area contributed by atoms with E-state index in [4.69, 9.17) is 0 Å². The third kappa shape index (κ3) is 1.88. The monoisotopic (exact) mass is 206 g/mol. The molecule has 0 saturated carbocycles. The van der Waals surface area contributed by atoms with Gasteiger partial charge in [-0.3, -0.25) is 9.98 Å². The molecule has 2 heterocycles. The van der Waals surface area contributed by atoms with Gasteiger partial charge in [0.15, 0.2) is 11.8 Å². The Morgan fingerprint density at radius 3 is 2.87 bits per heavy atom. The number of nitrogens with zero attached hydrogens (tertiary/aromatic N) is 4. The molecule has 0 bridgehead atoms. The molecule has 6 nitrogen and oxygen atoms in total. The molecule has 0 amide bonds. The predicted octanol–water partition coefficient (Wildman–Crippen LogP) is -0.218. The Hall–Kier alpha value is -1.72. The van der Waals surface area contributed by atoms with Gasteiger partial charge in [-0.05, 0) is 13.8 Å². The van der Waals surface area contributed by atoms with Crippen LogP contribution in [0.25, 0.3) is 0 Å². The summed E-state index contributed by atoms with van der Waals surface area (Å²) < 4.78 is 0. The molecule has 1 unspecified atom stereocenters. The zero-order chi connectivity index (χ0) is 10.7. The van der Waals surface area contributed by atoms with Gasteiger partial charge in [-0.25, -0.2) is 9.98 Å². The van der Waals surface area contributed by atoms with Gasteiger partial charge in [-0.1, -0.05) is 0 Å². The lowest BCUT2D eigenvalue weighted by molar-refractivity contribution is 0.948. The molecule has 0 aromatic rings. The van der Waals surface area contributed by atoms with E-state index in [1.165, 1.54) is 6.34 Å². The van der Waals surface area contributed by atoms with Crippen molar-refractivity contribution in [3.8, 4) is 0 Å². The number of hydrogen-bond acceptors (Lipinski definition) is 3. The topological polar surface area (TPSA) is 73.5 Å². The molecule has 1 atom stereocenters. The van der Waals surface area contributed by atoms with Crippen molar-refractivity contribution in [3.63, 3.8) is 0 Å². The number of fused-ring (bicyclic) bond motifs is 1. The fourth-order valence-corrected chi connectivity index (χ4v) is 1.49. The van der Waals surface area contributed by atoms with E-state index in [1.54, 1.807) is 0 Å². The second-order valence-corrected chi connectivity index (χ2v) is 3.12. The van der Waals surface area contributed by atoms with Crippen molar-refractivity contribution in [1.82, 2.24) is 10.6 Å². The molecule has 2 N–H and O–H groups in total. The van der Waals surface area contributed by atoms with Gasteiger partial charge in [-0.2, -0.15) is 0 Å². The van der Waals surface area contributed by atoms with Gasteiger partial charge in [0.25, 0.3) is 0 Å². The SMILES string of the molecule is CCN=C1NC2=NC=NC(=NCC)C2N1. The number of hydrogen-bond donors (Lipinski definition) is 2. The van der Waals surface area contributed by atoms with E-state index in [0.29, 0.717) is 0 Å². The van der Waals surface area contributed by atoms with Crippen molar-refractivity contribution in [1.29, 1.82) is 0 Å². The molecular formula is C9H14N6. The van der Waals surface area contributed by atoms with E-state index >= 15 is 0 Å². The van der Waals surface area contributed by atoms with Crippen LogP contribution in [-0.2, 0) is 0 Å². The van der Waals surface area contributed by atoms with Crippen molar-refractivity contribution in [2.24, 2.45) is 20.0 Å². The van der Waals surface area contributed by atoms with Crippen molar-refractivity contribution in [3.05, 3.63) is 0 Å². The first-order valence-corrected chi connectivity index (χ1v) is 5.07. The van der Waals surface area contributed by atoms with E-state index in [1.807, 2.05) is 13.8 Å². The summed E-state index contributed by atoms with van der Waals surface area (Å²) in [5.74, 6) is 2.33. The molecule has 1 saturated heterocycles. The normalized spacial score (nSPS) is 28.7. The van der Waals surface area contributed by atoms with E-state index in [-0.39, 0.29) is 6.04 Å². The quantitative estimate of drug-likeness (QED) is 0.655. The predicted molar refractivity (Wildman–Crippen MR) is 61.9 cm³/mol. The molecule has 2 aliphatic heterocycles. The third-order valence-electron chi connectivity index (χ3n) is 2.08. The molecule has 0 aromatic carbocycles. The van der Waals surface area contributed by atoms with Crippen LogP contribution in [0.5, 0.6) is 0 Å². The average molecular weight is 206 g/mol. The van der Waals surface area contributed by atoms with Gasteiger partial charge in [-0.15, -0.1) is 0 Å². The van der Waals surface area contributed by atoms with Crippen molar-refractivity contribution in [2.45, 2.75) is 19.9 Å². The first-order chi connectivity index (χ1) is 7.35. The molecule has 0 aromatic heterocycles. The van der Waals surface area contributed by atoms with Crippen LogP contribution in [-0.4, -0.2) is 43.1 Å². The van der Waals surface area contributed by atoms with Gasteiger partial charge in [0.1, 0.15) is 18.2 Å². The summed E-state index contributed by atoms with van der Waals surface area (Å²) in [6.07, 6.45) is 1.52. The zero-order valence-corrected chi connectivity index (χ0v) is 8.86. The van der Waals surface area contributed by atoms with Gasteiger partial charge in [0.2, 0.25) is 0 Å². The lowest BCUT2D eigenvalue weighted by atomic mass is 10.2. The Morgan fingerprint density at radius 2 is 2.13 bits per heavy atom. The molecule has 6 heteroatoms. The molecule has 2 aliphatic rings. The molecule has 0 spiro atoms. The maximum atomic E-state index is 4.30. The van der Waals surface area contributed by atoms with Gasteiger partial charge in [0, 0.05) is 13.1 Å². The second kappa shape index (κ2) is 4.20. The van der Waals surface area contributed by atoms with Crippen LogP contribution in [0.1, 0.15) is 13.8 Å². The maximum absolute atomic E-state index is 4.30. The van der Waals surface area contributed by atoms with E-state index in [2.05, 4.69) is 30.6 Å². The van der Waals surface area contributed by atoms with Crippen LogP contribution in [0.2, 0.25) is 0 Å². The van der Waals surface area contributed by atoms with E-state index in [0.717, 1.165) is 30.7 Å². The smallest absolute Gasteiger partial charge is 0.197 e. The highest BCUT2D eigenvalue weighted by Gasteiger charge is 2.31. The molecular weight excluding hydrogens is 192 g/mol. The largest absolute Gasteiger partial charge is 0.339 e. The summed E-state index contributed by atoms with van der Waals surface area (Å²) in [5.41, 5.74) is 0. The van der Waals surface area contributed by atoms with Gasteiger partial charge in [0.05, 0.1) is 0 Å². The molecule has 15 heavy (non-hydrogen) atoms. The first-order valence-electron chi connectivity index (χ1n) is 5.07. The maximum Gasteiger partial charge on any atom is 0.197 e. The highest BCUT2D eigenvalue weighted by Crippen LogP contribution is 2.04. The van der Waals surface area contributed by atoms with Crippen LogP contribution in [0.3, 0.4) is 0 Å². The van der Waals surface area contributed by atoms with Gasteiger partial charge >= 0.3 is 0 Å². The van der Waals surface area contributed by atoms with Crippen LogP contribution >= 0.6 is 0 Å². The molecule has 80 valence electrons. The minimum absolute atomic E-state index is 0.0553. The summed E-state index contributed by atoms with van der Waals surface area (Å²) >= 11 is 0. The number of aliphatic imine (C=N–C) groups is 4. The second-order valence-electron chi connectivity index (χ2n) is 3.12. The van der Waals surface area contributed by atoms with Crippen LogP contribution in [0.4, 0.5) is 0 Å². The van der Waals surface area contributed by atoms with Crippen LogP contribution in [0.15, 0.2) is 20.0 Å². The number of guanidine groups is 1. The summed E-state index contributed by atoms with van der Waals surface area (Å²) in [4.78, 5) is 16.8. The Labute approximate surface area is 88.3 Å². The minimum atomic E-state index is -0.0553. The highest BCUT2D eigenvalue weighted by atomic mass is 15.3. The molecule has 0 aliphatic carbocycles. The summed E-state index contributed by atoms with van der Waals surface area (Å²) in [5, 5.41) is 6.29. The number of amidine groups is 2. The zero-order valence-electron chi connectivity index (χ0n) is 8.86. The first kappa shape index (κ1) is 9.82. The summed E-state index contributed by atoms with van der Waals surface area (Å²) in [6, 6.07) is -0.0553. The minimum Gasteiger partial charge on any atom is -0.339 e. The van der Waals surface area contributed by atoms with Crippen molar-refractivity contribution in [2.75, 3.05) is 13.1 Å². The lowest BCUT2D eigenvalue weighted by Crippen LogP contribution is -2.38. The Balaban J connectivity index is 2.21. The van der Waals surface area contributed by atoms with Crippen molar-refractivity contribution < 1.29 is 0 Å². The average Bonchev–Trinajstić information content (AvgIpc) is 2.62. The highest BCUT2D eigenvalue weighted by molar-refractivity contribution is 6.24. The number of rotatable bonds is 2. The van der Waals surface area contributed by atoms with E-state index < -0.39 is 0 Å². The third-order valence-corrected chi connectivity index (χ3v) is 2.08. The fourth-order valence-electron chi connectivity index (χ4n) is 1.49. The standard InChI is InChI=1S/C9H14N6/c1-3-10-7-6-8(13-5-12-7)15-9(14-6)11-4-2/h5-6H,3-4H2,1-2H3,(H2,10,11,12,13,14,15). The van der Waals surface area contributed by atoms with E-state index in [9.17, 15) is 0 Å². The Kier molecular flexibility index (Phi) is 2.75. The molecule has 0 radical (unpaired) electrons. The van der Waals surface area contributed by atoms with Crippen LogP contribution < -0.4 is 10.6 Å². The lowest BCUT2D eigenvalue weighted by Gasteiger charge is -2.11. The number of nitrogens with one attached hydrogen (secondary N) is 2. The summed E-state index contributed by atoms with van der Waals surface area (Å²) in [6.45, 7) is 5.42. The van der Waals surface area contributed by atoms with Crippen molar-refractivity contribution >= 4 is 24.0 Å². The Bertz CT molecular complexity index is 365. The fraction of sp³-hybridized carbons (Fsp3) is 0.556. The molecule has 2 rings (SSSR count).